The molecular weight excluding hydrogens is 370 g/mol. The second-order valence-electron chi connectivity index (χ2n) is 6.86. The minimum atomic E-state index is -0.491. The molecule has 1 aliphatic rings. The molecule has 2 N–H and O–H groups in total. The number of piperidine rings is 1. The lowest BCUT2D eigenvalue weighted by Gasteiger charge is -2.19. The van der Waals surface area contributed by atoms with E-state index in [1.165, 1.54) is 6.26 Å². The monoisotopic (exact) mass is 387 g/mol. The average Bonchev–Trinajstić information content (AvgIpc) is 3.15. The number of benzene rings is 2. The van der Waals surface area contributed by atoms with Crippen LogP contribution >= 0.6 is 0 Å². The molecule has 7 nitrogen and oxygen atoms in total. The molecule has 0 bridgehead atoms. The molecule has 0 radical (unpaired) electrons. The average molecular weight is 387 g/mol. The number of hydrogen-bond acceptors (Lipinski definition) is 5. The third kappa shape index (κ3) is 3.60. The van der Waals surface area contributed by atoms with E-state index in [1.807, 2.05) is 6.07 Å². The van der Waals surface area contributed by atoms with Crippen molar-refractivity contribution >= 4 is 28.7 Å². The van der Waals surface area contributed by atoms with Crippen LogP contribution < -0.4 is 10.6 Å². The lowest BCUT2D eigenvalue weighted by Crippen LogP contribution is -2.39. The Morgan fingerprint density at radius 2 is 2.07 bits per heavy atom. The Morgan fingerprint density at radius 1 is 1.24 bits per heavy atom. The van der Waals surface area contributed by atoms with Gasteiger partial charge in [0, 0.05) is 29.5 Å². The maximum atomic E-state index is 12.6. The van der Waals surface area contributed by atoms with E-state index < -0.39 is 5.92 Å². The molecule has 29 heavy (non-hydrogen) atoms. The van der Waals surface area contributed by atoms with Crippen LogP contribution in [-0.2, 0) is 16.1 Å². The summed E-state index contributed by atoms with van der Waals surface area (Å²) in [5.74, 6) is -1.42. The number of imide groups is 1. The van der Waals surface area contributed by atoms with Gasteiger partial charge in [-0.3, -0.25) is 19.7 Å². The summed E-state index contributed by atoms with van der Waals surface area (Å²) in [6, 6.07) is 14.2. The third-order valence-corrected chi connectivity index (χ3v) is 5.06. The molecule has 2 aromatic carbocycles. The van der Waals surface area contributed by atoms with E-state index in [0.717, 1.165) is 5.56 Å². The molecule has 1 aliphatic heterocycles. The highest BCUT2D eigenvalue weighted by molar-refractivity contribution is 6.04. The number of nitriles is 1. The molecule has 1 saturated heterocycles. The highest BCUT2D eigenvalue weighted by Crippen LogP contribution is 2.33. The number of fused-ring (bicyclic) bond motifs is 1. The van der Waals surface area contributed by atoms with Crippen LogP contribution in [0.25, 0.3) is 11.0 Å². The predicted octanol–water partition coefficient (Wildman–Crippen LogP) is 2.75. The van der Waals surface area contributed by atoms with Crippen molar-refractivity contribution in [3.63, 3.8) is 0 Å². The Bertz CT molecular complexity index is 1170. The number of rotatable bonds is 4. The number of furan rings is 1. The first-order chi connectivity index (χ1) is 14.1. The first kappa shape index (κ1) is 18.4. The van der Waals surface area contributed by atoms with E-state index in [2.05, 4.69) is 16.7 Å². The van der Waals surface area contributed by atoms with Gasteiger partial charge in [-0.1, -0.05) is 18.2 Å². The lowest BCUT2D eigenvalue weighted by atomic mass is 9.90. The van der Waals surface area contributed by atoms with Crippen molar-refractivity contribution < 1.29 is 18.8 Å². The van der Waals surface area contributed by atoms with Crippen LogP contribution in [0, 0.1) is 11.3 Å². The summed E-state index contributed by atoms with van der Waals surface area (Å²) in [5.41, 5.74) is 2.89. The summed E-state index contributed by atoms with van der Waals surface area (Å²) in [6.07, 6.45) is 2.18. The van der Waals surface area contributed by atoms with Gasteiger partial charge in [-0.2, -0.15) is 5.26 Å². The van der Waals surface area contributed by atoms with Crippen LogP contribution in [0.15, 0.2) is 53.1 Å². The van der Waals surface area contributed by atoms with Gasteiger partial charge in [-0.15, -0.1) is 0 Å². The number of carbonyl (C=O) groups is 3. The number of amides is 3. The van der Waals surface area contributed by atoms with E-state index in [0.29, 0.717) is 34.1 Å². The Morgan fingerprint density at radius 3 is 2.86 bits per heavy atom. The smallest absolute Gasteiger partial charge is 0.251 e. The van der Waals surface area contributed by atoms with E-state index >= 15 is 0 Å². The summed E-state index contributed by atoms with van der Waals surface area (Å²) < 4.78 is 5.54. The molecule has 2 heterocycles. The first-order valence-electron chi connectivity index (χ1n) is 9.18. The topological polar surface area (TPSA) is 112 Å². The SMILES string of the molecule is N#Cc1ccccc1CNC(=O)c1ccc2occ(C3CCC(=O)NC3=O)c2c1. The van der Waals surface area contributed by atoms with Crippen molar-refractivity contribution in [1.82, 2.24) is 10.6 Å². The number of carbonyl (C=O) groups excluding carboxylic acids is 3. The van der Waals surface area contributed by atoms with E-state index in [-0.39, 0.29) is 30.7 Å². The van der Waals surface area contributed by atoms with Crippen molar-refractivity contribution in [2.75, 3.05) is 0 Å². The van der Waals surface area contributed by atoms with Crippen molar-refractivity contribution in [1.29, 1.82) is 5.26 Å². The summed E-state index contributed by atoms with van der Waals surface area (Å²) in [7, 11) is 0. The number of nitrogens with one attached hydrogen (secondary N) is 2. The van der Waals surface area contributed by atoms with Gasteiger partial charge in [-0.25, -0.2) is 0 Å². The van der Waals surface area contributed by atoms with Gasteiger partial charge in [0.25, 0.3) is 5.91 Å². The normalized spacial score (nSPS) is 16.3. The summed E-state index contributed by atoms with van der Waals surface area (Å²) in [4.78, 5) is 36.2. The maximum absolute atomic E-state index is 12.6. The van der Waals surface area contributed by atoms with Crippen LogP contribution in [0.2, 0.25) is 0 Å². The van der Waals surface area contributed by atoms with Gasteiger partial charge in [0.15, 0.2) is 0 Å². The predicted molar refractivity (Wildman–Crippen MR) is 104 cm³/mol. The summed E-state index contributed by atoms with van der Waals surface area (Å²) in [6.45, 7) is 0.228. The van der Waals surface area contributed by atoms with E-state index in [9.17, 15) is 14.4 Å². The molecule has 1 fully saturated rings. The Hall–Kier alpha value is -3.92. The first-order valence-corrected chi connectivity index (χ1v) is 9.18. The minimum Gasteiger partial charge on any atom is -0.464 e. The molecule has 1 unspecified atom stereocenters. The van der Waals surface area contributed by atoms with Gasteiger partial charge in [0.05, 0.1) is 23.8 Å². The molecule has 1 atom stereocenters. The molecular formula is C22H17N3O4. The van der Waals surface area contributed by atoms with E-state index in [4.69, 9.17) is 9.68 Å². The molecule has 0 aliphatic carbocycles. The third-order valence-electron chi connectivity index (χ3n) is 5.06. The number of hydrogen-bond donors (Lipinski definition) is 2. The summed E-state index contributed by atoms with van der Waals surface area (Å²) in [5, 5.41) is 15.0. The Kier molecular flexibility index (Phi) is 4.83. The molecule has 3 amide bonds. The van der Waals surface area contributed by atoms with Crippen LogP contribution in [0.4, 0.5) is 0 Å². The van der Waals surface area contributed by atoms with Crippen LogP contribution in [-0.4, -0.2) is 17.7 Å². The second-order valence-corrected chi connectivity index (χ2v) is 6.86. The van der Waals surface area contributed by atoms with Crippen LogP contribution in [0.3, 0.4) is 0 Å². The zero-order valence-electron chi connectivity index (χ0n) is 15.4. The van der Waals surface area contributed by atoms with Gasteiger partial charge in [0.2, 0.25) is 11.8 Å². The second kappa shape index (κ2) is 7.60. The molecule has 144 valence electrons. The molecule has 0 saturated carbocycles. The van der Waals surface area contributed by atoms with Gasteiger partial charge < -0.3 is 9.73 Å². The fourth-order valence-electron chi connectivity index (χ4n) is 3.51. The standard InChI is InChI=1S/C22H17N3O4/c23-10-14-3-1-2-4-15(14)11-24-21(27)13-5-7-19-17(9-13)18(12-29-19)16-6-8-20(26)25-22(16)28/h1-5,7,9,12,16H,6,8,11H2,(H,24,27)(H,25,26,28). The largest absolute Gasteiger partial charge is 0.464 e. The van der Waals surface area contributed by atoms with Gasteiger partial charge in [0.1, 0.15) is 5.58 Å². The maximum Gasteiger partial charge on any atom is 0.251 e. The zero-order chi connectivity index (χ0) is 20.4. The summed E-state index contributed by atoms with van der Waals surface area (Å²) >= 11 is 0. The number of nitrogens with zero attached hydrogens (tertiary/aromatic N) is 1. The van der Waals surface area contributed by atoms with Crippen LogP contribution in [0.1, 0.15) is 45.8 Å². The fourth-order valence-corrected chi connectivity index (χ4v) is 3.51. The molecule has 7 heteroatoms. The highest BCUT2D eigenvalue weighted by atomic mass is 16.3. The molecule has 1 aromatic heterocycles. The van der Waals surface area contributed by atoms with Gasteiger partial charge >= 0.3 is 0 Å². The minimum absolute atomic E-state index is 0.228. The van der Waals surface area contributed by atoms with Crippen molar-refractivity contribution in [3.05, 3.63) is 71.0 Å². The van der Waals surface area contributed by atoms with Crippen molar-refractivity contribution in [2.24, 2.45) is 0 Å². The van der Waals surface area contributed by atoms with Crippen molar-refractivity contribution in [3.8, 4) is 6.07 Å². The Balaban J connectivity index is 1.57. The zero-order valence-corrected chi connectivity index (χ0v) is 15.4. The Labute approximate surface area is 166 Å². The lowest BCUT2D eigenvalue weighted by molar-refractivity contribution is -0.134. The highest BCUT2D eigenvalue weighted by Gasteiger charge is 2.30. The molecule has 0 spiro atoms. The molecule has 4 rings (SSSR count). The van der Waals surface area contributed by atoms with Crippen LogP contribution in [0.5, 0.6) is 0 Å². The van der Waals surface area contributed by atoms with Gasteiger partial charge in [-0.05, 0) is 36.2 Å². The van der Waals surface area contributed by atoms with E-state index in [1.54, 1.807) is 36.4 Å². The quantitative estimate of drug-likeness (QED) is 0.669. The molecule has 3 aromatic rings. The van der Waals surface area contributed by atoms with Crippen molar-refractivity contribution in [2.45, 2.75) is 25.3 Å². The fraction of sp³-hybridized carbons (Fsp3) is 0.182.